The third-order valence-corrected chi connectivity index (χ3v) is 4.13. The smallest absolute Gasteiger partial charge is 0.244 e. The molecule has 0 spiro atoms. The molecule has 0 radical (unpaired) electrons. The first kappa shape index (κ1) is 12.8. The van der Waals surface area contributed by atoms with Crippen LogP contribution >= 0.6 is 23.3 Å². The summed E-state index contributed by atoms with van der Waals surface area (Å²) in [6.45, 7) is 3.43. The van der Waals surface area contributed by atoms with Gasteiger partial charge in [-0.25, -0.2) is 0 Å². The van der Waals surface area contributed by atoms with Crippen molar-refractivity contribution in [1.29, 1.82) is 0 Å². The zero-order valence-corrected chi connectivity index (χ0v) is 12.0. The largest absolute Gasteiger partial charge is 0.308 e. The molecule has 5 nitrogen and oxygen atoms in total. The first-order chi connectivity index (χ1) is 9.22. The summed E-state index contributed by atoms with van der Waals surface area (Å²) in [6, 6.07) is 3.48. The van der Waals surface area contributed by atoms with Crippen LogP contribution in [-0.2, 0) is 4.79 Å². The number of fused-ring (bicyclic) bond motifs is 1. The first-order valence-corrected chi connectivity index (χ1v) is 7.28. The lowest BCUT2D eigenvalue weighted by Gasteiger charge is -2.18. The molecule has 1 N–H and O–H groups in total. The van der Waals surface area contributed by atoms with Gasteiger partial charge in [0.15, 0.2) is 0 Å². The maximum Gasteiger partial charge on any atom is 0.244 e. The number of hydrogen-bond acceptors (Lipinski definition) is 5. The van der Waals surface area contributed by atoms with E-state index in [1.54, 1.807) is 11.0 Å². The highest BCUT2D eigenvalue weighted by Gasteiger charge is 2.34. The van der Waals surface area contributed by atoms with Crippen LogP contribution in [0.25, 0.3) is 11.0 Å². The molecule has 1 aliphatic heterocycles. The predicted octanol–water partition coefficient (Wildman–Crippen LogP) is 2.06. The molecule has 1 atom stereocenters. The van der Waals surface area contributed by atoms with Crippen molar-refractivity contribution in [3.8, 4) is 0 Å². The molecule has 1 saturated heterocycles. The molecule has 3 rings (SSSR count). The van der Waals surface area contributed by atoms with Gasteiger partial charge in [-0.05, 0) is 25.1 Å². The topological polar surface area (TPSA) is 58.1 Å². The highest BCUT2D eigenvalue weighted by atomic mass is 35.5. The van der Waals surface area contributed by atoms with Crippen LogP contribution in [0.3, 0.4) is 0 Å². The number of nitrogens with one attached hydrogen (secondary N) is 1. The fourth-order valence-electron chi connectivity index (χ4n) is 2.41. The lowest BCUT2D eigenvalue weighted by atomic mass is 10.2. The van der Waals surface area contributed by atoms with Crippen LogP contribution in [0.1, 0.15) is 13.3 Å². The van der Waals surface area contributed by atoms with Gasteiger partial charge in [0.05, 0.1) is 28.5 Å². The van der Waals surface area contributed by atoms with E-state index >= 15 is 0 Å². The number of amides is 1. The van der Waals surface area contributed by atoms with Crippen molar-refractivity contribution < 1.29 is 4.79 Å². The Balaban J connectivity index is 2.03. The number of anilines is 1. The third kappa shape index (κ3) is 2.09. The van der Waals surface area contributed by atoms with Gasteiger partial charge in [0.1, 0.15) is 11.0 Å². The molecule has 1 amide bonds. The van der Waals surface area contributed by atoms with Gasteiger partial charge in [-0.2, -0.15) is 8.75 Å². The van der Waals surface area contributed by atoms with Crippen molar-refractivity contribution in [3.05, 3.63) is 17.2 Å². The molecule has 0 saturated carbocycles. The molecule has 1 aliphatic rings. The van der Waals surface area contributed by atoms with Crippen LogP contribution in [0.15, 0.2) is 12.1 Å². The highest BCUT2D eigenvalue weighted by Crippen LogP contribution is 2.35. The maximum absolute atomic E-state index is 12.4. The molecule has 2 aromatic rings. The molecule has 1 aromatic carbocycles. The Labute approximate surface area is 119 Å². The van der Waals surface area contributed by atoms with E-state index in [2.05, 4.69) is 14.1 Å². The van der Waals surface area contributed by atoms with Gasteiger partial charge in [-0.3, -0.25) is 4.79 Å². The SMILES string of the molecule is CCNC1CCN(c2c(Cl)ccc3nsnc23)C1=O. The molecule has 0 aliphatic carbocycles. The second-order valence-corrected chi connectivity index (χ2v) is 5.35. The number of benzene rings is 1. The summed E-state index contributed by atoms with van der Waals surface area (Å²) < 4.78 is 8.45. The number of carbonyl (C=O) groups excluding carboxylic acids is 1. The molecule has 1 fully saturated rings. The van der Waals surface area contributed by atoms with Gasteiger partial charge in [-0.1, -0.05) is 18.5 Å². The number of aromatic nitrogens is 2. The highest BCUT2D eigenvalue weighted by molar-refractivity contribution is 7.00. The van der Waals surface area contributed by atoms with Crippen LogP contribution in [-0.4, -0.2) is 33.8 Å². The quantitative estimate of drug-likeness (QED) is 0.942. The molecular formula is C12H13ClN4OS. The average molecular weight is 297 g/mol. The molecule has 19 heavy (non-hydrogen) atoms. The normalized spacial score (nSPS) is 19.6. The lowest BCUT2D eigenvalue weighted by molar-refractivity contribution is -0.118. The van der Waals surface area contributed by atoms with Gasteiger partial charge in [0, 0.05) is 6.54 Å². The van der Waals surface area contributed by atoms with E-state index in [0.717, 1.165) is 30.2 Å². The molecule has 7 heteroatoms. The second-order valence-electron chi connectivity index (χ2n) is 4.42. The molecule has 1 aromatic heterocycles. The molecular weight excluding hydrogens is 284 g/mol. The maximum atomic E-state index is 12.4. The van der Waals surface area contributed by atoms with Gasteiger partial charge < -0.3 is 10.2 Å². The fourth-order valence-corrected chi connectivity index (χ4v) is 3.20. The summed E-state index contributed by atoms with van der Waals surface area (Å²) in [4.78, 5) is 14.1. The zero-order chi connectivity index (χ0) is 13.4. The minimum Gasteiger partial charge on any atom is -0.308 e. The number of nitrogens with zero attached hydrogens (tertiary/aromatic N) is 3. The first-order valence-electron chi connectivity index (χ1n) is 6.18. The van der Waals surface area contributed by atoms with Crippen molar-refractivity contribution in [2.45, 2.75) is 19.4 Å². The number of halogens is 1. The van der Waals surface area contributed by atoms with Crippen LogP contribution in [0, 0.1) is 0 Å². The molecule has 1 unspecified atom stereocenters. The Kier molecular flexibility index (Phi) is 3.38. The third-order valence-electron chi connectivity index (χ3n) is 3.28. The second kappa shape index (κ2) is 5.03. The number of carbonyl (C=O) groups is 1. The van der Waals surface area contributed by atoms with E-state index in [-0.39, 0.29) is 11.9 Å². The van der Waals surface area contributed by atoms with Crippen LogP contribution in [0.5, 0.6) is 0 Å². The predicted molar refractivity (Wildman–Crippen MR) is 76.9 cm³/mol. The van der Waals surface area contributed by atoms with Crippen molar-refractivity contribution in [2.75, 3.05) is 18.0 Å². The Morgan fingerprint density at radius 3 is 3.16 bits per heavy atom. The Hall–Kier alpha value is -1.24. The van der Waals surface area contributed by atoms with Crippen LogP contribution in [0.4, 0.5) is 5.69 Å². The van der Waals surface area contributed by atoms with Crippen molar-refractivity contribution in [1.82, 2.24) is 14.1 Å². The summed E-state index contributed by atoms with van der Waals surface area (Å²) in [7, 11) is 0. The average Bonchev–Trinajstić information content (AvgIpc) is 2.99. The lowest BCUT2D eigenvalue weighted by Crippen LogP contribution is -2.38. The summed E-state index contributed by atoms with van der Waals surface area (Å²) >= 11 is 7.39. The minimum atomic E-state index is -0.122. The van der Waals surface area contributed by atoms with Gasteiger partial charge in [0.25, 0.3) is 0 Å². The molecule has 0 bridgehead atoms. The Bertz CT molecular complexity index is 629. The number of rotatable bonds is 3. The van der Waals surface area contributed by atoms with E-state index in [4.69, 9.17) is 11.6 Å². The van der Waals surface area contributed by atoms with Gasteiger partial charge >= 0.3 is 0 Å². The summed E-state index contributed by atoms with van der Waals surface area (Å²) in [5.74, 6) is 0.0595. The summed E-state index contributed by atoms with van der Waals surface area (Å²) in [5.41, 5.74) is 2.19. The van der Waals surface area contributed by atoms with Gasteiger partial charge in [-0.15, -0.1) is 0 Å². The summed E-state index contributed by atoms with van der Waals surface area (Å²) in [6.07, 6.45) is 0.789. The molecule has 100 valence electrons. The number of likely N-dealkylation sites (N-methyl/N-ethyl adjacent to an activating group) is 1. The minimum absolute atomic E-state index is 0.0595. The van der Waals surface area contributed by atoms with Crippen LogP contribution in [0.2, 0.25) is 5.02 Å². The monoisotopic (exact) mass is 296 g/mol. The fraction of sp³-hybridized carbons (Fsp3) is 0.417. The summed E-state index contributed by atoms with van der Waals surface area (Å²) in [5, 5.41) is 3.73. The van der Waals surface area contributed by atoms with E-state index < -0.39 is 0 Å². The van der Waals surface area contributed by atoms with E-state index in [0.29, 0.717) is 22.8 Å². The Morgan fingerprint density at radius 2 is 2.37 bits per heavy atom. The Morgan fingerprint density at radius 1 is 1.53 bits per heavy atom. The van der Waals surface area contributed by atoms with Crippen molar-refractivity contribution in [3.63, 3.8) is 0 Å². The van der Waals surface area contributed by atoms with Gasteiger partial charge in [0.2, 0.25) is 5.91 Å². The van der Waals surface area contributed by atoms with E-state index in [1.165, 1.54) is 0 Å². The van der Waals surface area contributed by atoms with E-state index in [1.807, 2.05) is 13.0 Å². The number of hydrogen-bond donors (Lipinski definition) is 1. The zero-order valence-electron chi connectivity index (χ0n) is 10.4. The van der Waals surface area contributed by atoms with Crippen molar-refractivity contribution >= 4 is 46.0 Å². The molecule has 2 heterocycles. The van der Waals surface area contributed by atoms with Crippen LogP contribution < -0.4 is 10.2 Å². The van der Waals surface area contributed by atoms with E-state index in [9.17, 15) is 4.79 Å². The van der Waals surface area contributed by atoms with Crippen molar-refractivity contribution in [2.24, 2.45) is 0 Å². The standard InChI is InChI=1S/C12H13ClN4OS/c1-2-14-9-5-6-17(12(9)18)11-7(13)3-4-8-10(11)16-19-15-8/h3-4,9,14H,2,5-6H2,1H3.